The Morgan fingerprint density at radius 3 is 2.94 bits per heavy atom. The summed E-state index contributed by atoms with van der Waals surface area (Å²) in [5, 5.41) is 6.20. The molecule has 5 nitrogen and oxygen atoms in total. The Morgan fingerprint density at radius 1 is 1.33 bits per heavy atom. The molecule has 0 aliphatic carbocycles. The molecule has 0 unspecified atom stereocenters. The first-order valence-corrected chi connectivity index (χ1v) is 6.21. The van der Waals surface area contributed by atoms with Gasteiger partial charge >= 0.3 is 0 Å². The molecule has 3 rings (SSSR count). The average molecular weight is 244 g/mol. The van der Waals surface area contributed by atoms with Gasteiger partial charge in [0.1, 0.15) is 6.04 Å². The summed E-state index contributed by atoms with van der Waals surface area (Å²) in [6.45, 7) is 1.02. The molecular formula is C13H16N4O. The molecule has 2 aromatic rings. The van der Waals surface area contributed by atoms with Crippen LogP contribution >= 0.6 is 0 Å². The lowest BCUT2D eigenvalue weighted by Gasteiger charge is -2.19. The van der Waals surface area contributed by atoms with Crippen LogP contribution in [0.2, 0.25) is 0 Å². The van der Waals surface area contributed by atoms with Gasteiger partial charge in [-0.15, -0.1) is 0 Å². The van der Waals surface area contributed by atoms with Crippen LogP contribution in [0.3, 0.4) is 0 Å². The fraction of sp³-hybridized carbons (Fsp3) is 0.385. The highest BCUT2D eigenvalue weighted by atomic mass is 16.5. The van der Waals surface area contributed by atoms with Gasteiger partial charge in [0.15, 0.2) is 0 Å². The van der Waals surface area contributed by atoms with Gasteiger partial charge in [-0.1, -0.05) is 35.5 Å². The Labute approximate surface area is 106 Å². The summed E-state index contributed by atoms with van der Waals surface area (Å²) in [7, 11) is 1.92. The number of benzene rings is 1. The van der Waals surface area contributed by atoms with Gasteiger partial charge in [0, 0.05) is 12.1 Å². The summed E-state index contributed by atoms with van der Waals surface area (Å²) in [5.41, 5.74) is 4.15. The summed E-state index contributed by atoms with van der Waals surface area (Å²) in [5.74, 6) is 1.36. The molecule has 1 aliphatic heterocycles. The fourth-order valence-corrected chi connectivity index (χ4v) is 2.37. The minimum absolute atomic E-state index is 0.194. The maximum Gasteiger partial charge on any atom is 0.245 e. The molecule has 0 bridgehead atoms. The topological polar surface area (TPSA) is 54.2 Å². The first-order chi connectivity index (χ1) is 8.88. The summed E-state index contributed by atoms with van der Waals surface area (Å²) in [4.78, 5) is 4.50. The van der Waals surface area contributed by atoms with Crippen LogP contribution in [0.25, 0.3) is 11.4 Å². The number of hydrazine groups is 1. The molecule has 0 amide bonds. The lowest BCUT2D eigenvalue weighted by molar-refractivity contribution is 0.157. The Bertz CT molecular complexity index is 511. The zero-order valence-electron chi connectivity index (χ0n) is 10.3. The number of hydrogen-bond acceptors (Lipinski definition) is 5. The minimum Gasteiger partial charge on any atom is -0.337 e. The van der Waals surface area contributed by atoms with Crippen molar-refractivity contribution >= 4 is 0 Å². The average Bonchev–Trinajstić information content (AvgIpc) is 3.08. The van der Waals surface area contributed by atoms with Gasteiger partial charge in [-0.05, 0) is 19.9 Å². The monoisotopic (exact) mass is 244 g/mol. The molecule has 2 heterocycles. The number of rotatable bonds is 3. The first-order valence-electron chi connectivity index (χ1n) is 6.21. The Kier molecular flexibility index (Phi) is 3.08. The molecule has 18 heavy (non-hydrogen) atoms. The number of nitrogens with one attached hydrogen (secondary N) is 1. The molecule has 1 fully saturated rings. The largest absolute Gasteiger partial charge is 0.337 e. The third-order valence-corrected chi connectivity index (χ3v) is 3.30. The minimum atomic E-state index is 0.194. The summed E-state index contributed by atoms with van der Waals surface area (Å²) >= 11 is 0. The van der Waals surface area contributed by atoms with E-state index in [-0.39, 0.29) is 6.04 Å². The summed E-state index contributed by atoms with van der Waals surface area (Å²) in [6, 6.07) is 10.1. The molecule has 94 valence electrons. The molecule has 0 spiro atoms. The van der Waals surface area contributed by atoms with Crippen molar-refractivity contribution in [2.75, 3.05) is 13.6 Å². The fourth-order valence-electron chi connectivity index (χ4n) is 2.37. The molecule has 1 N–H and O–H groups in total. The van der Waals surface area contributed by atoms with Gasteiger partial charge in [0.25, 0.3) is 0 Å². The van der Waals surface area contributed by atoms with Crippen LogP contribution in [0.15, 0.2) is 34.9 Å². The second-order valence-corrected chi connectivity index (χ2v) is 4.40. The van der Waals surface area contributed by atoms with E-state index in [1.807, 2.05) is 37.4 Å². The van der Waals surface area contributed by atoms with E-state index >= 15 is 0 Å². The lowest BCUT2D eigenvalue weighted by atomic mass is 10.2. The zero-order chi connectivity index (χ0) is 12.4. The lowest BCUT2D eigenvalue weighted by Crippen LogP contribution is -2.34. The van der Waals surface area contributed by atoms with E-state index in [2.05, 4.69) is 20.6 Å². The van der Waals surface area contributed by atoms with E-state index in [1.165, 1.54) is 0 Å². The van der Waals surface area contributed by atoms with Crippen LogP contribution in [0.1, 0.15) is 24.8 Å². The molecule has 1 atom stereocenters. The number of hydrogen-bond donors (Lipinski definition) is 1. The highest BCUT2D eigenvalue weighted by Crippen LogP contribution is 2.30. The Balaban J connectivity index is 1.86. The van der Waals surface area contributed by atoms with Gasteiger partial charge in [-0.3, -0.25) is 5.43 Å². The van der Waals surface area contributed by atoms with Crippen molar-refractivity contribution in [2.45, 2.75) is 18.9 Å². The standard InChI is InChI=1S/C13H16N4O/c1-14-17-9-5-8-11(17)13-15-12(16-18-13)10-6-3-2-4-7-10/h2-4,6-7,11,14H,5,8-9H2,1H3/t11-/m0/s1. The third kappa shape index (κ3) is 2.02. The zero-order valence-corrected chi connectivity index (χ0v) is 10.3. The van der Waals surface area contributed by atoms with Crippen molar-refractivity contribution in [1.82, 2.24) is 20.6 Å². The van der Waals surface area contributed by atoms with E-state index < -0.39 is 0 Å². The molecule has 0 saturated carbocycles. The molecule has 1 aromatic heterocycles. The van der Waals surface area contributed by atoms with E-state index in [0.29, 0.717) is 11.7 Å². The number of aromatic nitrogens is 2. The Morgan fingerprint density at radius 2 is 2.17 bits per heavy atom. The van der Waals surface area contributed by atoms with E-state index in [4.69, 9.17) is 4.52 Å². The second-order valence-electron chi connectivity index (χ2n) is 4.40. The predicted octanol–water partition coefficient (Wildman–Crippen LogP) is 2.01. The quantitative estimate of drug-likeness (QED) is 0.895. The Hall–Kier alpha value is -1.72. The maximum absolute atomic E-state index is 5.39. The first kappa shape index (κ1) is 11.4. The molecule has 1 saturated heterocycles. The molecular weight excluding hydrogens is 228 g/mol. The van der Waals surface area contributed by atoms with Crippen molar-refractivity contribution in [1.29, 1.82) is 0 Å². The smallest absolute Gasteiger partial charge is 0.245 e. The van der Waals surface area contributed by atoms with Crippen LogP contribution in [0.4, 0.5) is 0 Å². The van der Waals surface area contributed by atoms with Crippen LogP contribution in [0.5, 0.6) is 0 Å². The molecule has 5 heteroatoms. The van der Waals surface area contributed by atoms with Crippen molar-refractivity contribution in [3.63, 3.8) is 0 Å². The van der Waals surface area contributed by atoms with Crippen molar-refractivity contribution in [2.24, 2.45) is 0 Å². The second kappa shape index (κ2) is 4.88. The van der Waals surface area contributed by atoms with Crippen molar-refractivity contribution < 1.29 is 4.52 Å². The van der Waals surface area contributed by atoms with Crippen LogP contribution < -0.4 is 5.43 Å². The van der Waals surface area contributed by atoms with Crippen LogP contribution in [-0.4, -0.2) is 28.7 Å². The molecule has 1 aliphatic rings. The normalized spacial score (nSPS) is 20.4. The third-order valence-electron chi connectivity index (χ3n) is 3.30. The van der Waals surface area contributed by atoms with Gasteiger partial charge in [0.05, 0.1) is 0 Å². The number of nitrogens with zero attached hydrogens (tertiary/aromatic N) is 3. The van der Waals surface area contributed by atoms with Crippen molar-refractivity contribution in [3.05, 3.63) is 36.2 Å². The van der Waals surface area contributed by atoms with E-state index in [9.17, 15) is 0 Å². The summed E-state index contributed by atoms with van der Waals surface area (Å²) in [6.07, 6.45) is 2.20. The van der Waals surface area contributed by atoms with Gasteiger partial charge in [-0.25, -0.2) is 5.01 Å². The van der Waals surface area contributed by atoms with Crippen LogP contribution in [-0.2, 0) is 0 Å². The highest BCUT2D eigenvalue weighted by molar-refractivity contribution is 5.53. The van der Waals surface area contributed by atoms with Gasteiger partial charge in [-0.2, -0.15) is 4.98 Å². The van der Waals surface area contributed by atoms with Crippen LogP contribution in [0, 0.1) is 0 Å². The molecule has 0 radical (unpaired) electrons. The van der Waals surface area contributed by atoms with E-state index in [1.54, 1.807) is 0 Å². The van der Waals surface area contributed by atoms with Gasteiger partial charge in [0.2, 0.25) is 11.7 Å². The molecule has 1 aromatic carbocycles. The van der Waals surface area contributed by atoms with Crippen molar-refractivity contribution in [3.8, 4) is 11.4 Å². The SMILES string of the molecule is CNN1CCC[C@H]1c1nc(-c2ccccc2)no1. The maximum atomic E-state index is 5.39. The predicted molar refractivity (Wildman–Crippen MR) is 67.5 cm³/mol. The van der Waals surface area contributed by atoms with E-state index in [0.717, 1.165) is 24.9 Å². The summed E-state index contributed by atoms with van der Waals surface area (Å²) < 4.78 is 5.39. The highest BCUT2D eigenvalue weighted by Gasteiger charge is 2.29. The van der Waals surface area contributed by atoms with Gasteiger partial charge < -0.3 is 4.52 Å².